The van der Waals surface area contributed by atoms with E-state index in [-0.39, 0.29) is 32.1 Å². The summed E-state index contributed by atoms with van der Waals surface area (Å²) in [6, 6.07) is -2.30. The van der Waals surface area contributed by atoms with E-state index in [0.29, 0.717) is 12.7 Å². The highest BCUT2D eigenvalue weighted by Crippen LogP contribution is 2.14. The van der Waals surface area contributed by atoms with Gasteiger partial charge >= 0.3 is 0 Å². The van der Waals surface area contributed by atoms with E-state index in [9.17, 15) is 35.2 Å². The van der Waals surface area contributed by atoms with Crippen molar-refractivity contribution in [2.75, 3.05) is 0 Å². The number of unbranched alkanes of at least 4 members (excludes halogenated alkanes) is 4. The summed E-state index contributed by atoms with van der Waals surface area (Å²) in [5.74, 6) is 0. The topological polar surface area (TPSA) is 144 Å². The van der Waals surface area contributed by atoms with Crippen LogP contribution >= 0.6 is 0 Å². The number of allylic oxidation sites excluding steroid dienone is 1. The van der Waals surface area contributed by atoms with Gasteiger partial charge in [0.2, 0.25) is 12.1 Å². The van der Waals surface area contributed by atoms with Crippen LogP contribution in [0.2, 0.25) is 0 Å². The second-order valence-corrected chi connectivity index (χ2v) is 7.08. The van der Waals surface area contributed by atoms with Gasteiger partial charge in [-0.2, -0.15) is 0 Å². The molecule has 29 heavy (non-hydrogen) atoms. The maximum Gasteiger partial charge on any atom is 0.242 e. The van der Waals surface area contributed by atoms with Crippen molar-refractivity contribution in [2.45, 2.75) is 95.4 Å². The Morgan fingerprint density at radius 3 is 1.86 bits per heavy atom. The minimum Gasteiger partial charge on any atom is -0.386 e. The summed E-state index contributed by atoms with van der Waals surface area (Å²) in [7, 11) is 0. The van der Waals surface area contributed by atoms with E-state index < -0.39 is 34.1 Å². The van der Waals surface area contributed by atoms with Crippen molar-refractivity contribution in [1.82, 2.24) is 0 Å². The Bertz CT molecular complexity index is 537. The van der Waals surface area contributed by atoms with E-state index in [1.165, 1.54) is 12.2 Å². The van der Waals surface area contributed by atoms with Crippen LogP contribution in [0, 0.1) is 20.2 Å². The molecule has 0 radical (unpaired) electrons. The summed E-state index contributed by atoms with van der Waals surface area (Å²) in [6.07, 6.45) is 9.76. The van der Waals surface area contributed by atoms with E-state index in [2.05, 4.69) is 6.92 Å². The van der Waals surface area contributed by atoms with Gasteiger partial charge in [0.05, 0.1) is 0 Å². The van der Waals surface area contributed by atoms with Crippen LogP contribution in [0.3, 0.4) is 0 Å². The molecule has 0 aliphatic carbocycles. The number of hydrogen-bond donors (Lipinski definition) is 2. The number of carbonyl (C=O) groups is 1. The van der Waals surface area contributed by atoms with Gasteiger partial charge in [-0.3, -0.25) is 20.2 Å². The van der Waals surface area contributed by atoms with Crippen molar-refractivity contribution in [3.8, 4) is 0 Å². The first-order valence-electron chi connectivity index (χ1n) is 10.2. The molecule has 0 fully saturated rings. The Balaban J connectivity index is 4.48. The fourth-order valence-electron chi connectivity index (χ4n) is 2.88. The normalized spacial score (nSPS) is 16.0. The minimum absolute atomic E-state index is 0.0000811. The van der Waals surface area contributed by atoms with Gasteiger partial charge < -0.3 is 15.0 Å². The predicted molar refractivity (Wildman–Crippen MR) is 110 cm³/mol. The number of rotatable bonds is 18. The summed E-state index contributed by atoms with van der Waals surface area (Å²) in [5, 5.41) is 42.3. The molecule has 0 saturated heterocycles. The SMILES string of the molecule is CCCCC/C=C\CC(C(O)C/C=C\CC(O)C(CCCC=O)[N+](=O)[O-])[N+](=O)[O-]. The summed E-state index contributed by atoms with van der Waals surface area (Å²) >= 11 is 0. The molecule has 0 bridgehead atoms. The van der Waals surface area contributed by atoms with Gasteiger partial charge in [0.25, 0.3) is 0 Å². The average Bonchev–Trinajstić information content (AvgIpc) is 2.67. The number of hydrogen-bond acceptors (Lipinski definition) is 7. The van der Waals surface area contributed by atoms with Crippen LogP contribution in [0.1, 0.15) is 71.1 Å². The minimum atomic E-state index is -1.22. The molecular formula is C20H34N2O7. The van der Waals surface area contributed by atoms with Crippen LogP contribution in [0.25, 0.3) is 0 Å². The van der Waals surface area contributed by atoms with E-state index in [1.54, 1.807) is 6.08 Å². The molecule has 0 aromatic heterocycles. The second kappa shape index (κ2) is 16.8. The van der Waals surface area contributed by atoms with Gasteiger partial charge in [0.1, 0.15) is 18.5 Å². The van der Waals surface area contributed by atoms with Gasteiger partial charge in [-0.25, -0.2) is 0 Å². The zero-order chi connectivity index (χ0) is 22.1. The first-order valence-corrected chi connectivity index (χ1v) is 10.2. The first kappa shape index (κ1) is 26.9. The van der Waals surface area contributed by atoms with Crippen molar-refractivity contribution in [3.05, 3.63) is 44.5 Å². The molecule has 166 valence electrons. The largest absolute Gasteiger partial charge is 0.386 e. The Hall–Kier alpha value is -2.13. The first-order chi connectivity index (χ1) is 13.8. The molecule has 0 amide bonds. The quantitative estimate of drug-likeness (QED) is 0.115. The highest BCUT2D eigenvalue weighted by atomic mass is 16.6. The Kier molecular flexibility index (Phi) is 15.6. The summed E-state index contributed by atoms with van der Waals surface area (Å²) in [6.45, 7) is 2.10. The zero-order valence-electron chi connectivity index (χ0n) is 17.1. The van der Waals surface area contributed by atoms with Gasteiger partial charge in [-0.05, 0) is 32.1 Å². The van der Waals surface area contributed by atoms with Gasteiger partial charge in [0.15, 0.2) is 0 Å². The molecule has 0 saturated carbocycles. The molecule has 4 atom stereocenters. The van der Waals surface area contributed by atoms with E-state index >= 15 is 0 Å². The molecule has 9 heteroatoms. The summed E-state index contributed by atoms with van der Waals surface area (Å²) < 4.78 is 0. The van der Waals surface area contributed by atoms with E-state index in [0.717, 1.165) is 25.7 Å². The molecule has 0 rings (SSSR count). The molecule has 0 aromatic rings. The third-order valence-corrected chi connectivity index (χ3v) is 4.69. The number of nitro groups is 2. The highest BCUT2D eigenvalue weighted by Gasteiger charge is 2.29. The standard InChI is InChI=1S/C20H34N2O7/c1-2-3-4-5-6-7-12-17(21(26)27)19(24)14-8-9-15-20(25)18(22(28)29)13-10-11-16-23/h6-9,16-20,24-25H,2-5,10-15H2,1H3/b7-6-,9-8-. The number of aliphatic hydroxyl groups is 2. The highest BCUT2D eigenvalue weighted by molar-refractivity contribution is 5.48. The molecule has 2 N–H and O–H groups in total. The van der Waals surface area contributed by atoms with Gasteiger partial charge in [-0.15, -0.1) is 0 Å². The molecule has 4 unspecified atom stereocenters. The number of carbonyl (C=O) groups excluding carboxylic acids is 1. The van der Waals surface area contributed by atoms with Crippen LogP contribution in [-0.2, 0) is 4.79 Å². The molecular weight excluding hydrogens is 380 g/mol. The molecule has 0 aromatic carbocycles. The van der Waals surface area contributed by atoms with Crippen LogP contribution in [0.15, 0.2) is 24.3 Å². The maximum atomic E-state index is 11.2. The molecule has 0 spiro atoms. The lowest BCUT2D eigenvalue weighted by atomic mass is 10.0. The smallest absolute Gasteiger partial charge is 0.242 e. The van der Waals surface area contributed by atoms with E-state index in [4.69, 9.17) is 0 Å². The second-order valence-electron chi connectivity index (χ2n) is 7.08. The Labute approximate surface area is 171 Å². The van der Waals surface area contributed by atoms with Crippen molar-refractivity contribution < 1.29 is 24.9 Å². The molecule has 0 aliphatic heterocycles. The third kappa shape index (κ3) is 12.8. The zero-order valence-corrected chi connectivity index (χ0v) is 17.1. The third-order valence-electron chi connectivity index (χ3n) is 4.69. The van der Waals surface area contributed by atoms with Crippen molar-refractivity contribution in [1.29, 1.82) is 0 Å². The lowest BCUT2D eigenvalue weighted by molar-refractivity contribution is -0.535. The molecule has 0 heterocycles. The molecule has 9 nitrogen and oxygen atoms in total. The van der Waals surface area contributed by atoms with Crippen LogP contribution in [0.4, 0.5) is 0 Å². The van der Waals surface area contributed by atoms with Crippen LogP contribution in [-0.4, -0.2) is 50.6 Å². The monoisotopic (exact) mass is 414 g/mol. The van der Waals surface area contributed by atoms with Crippen molar-refractivity contribution >= 4 is 6.29 Å². The number of aliphatic hydroxyl groups excluding tert-OH is 2. The van der Waals surface area contributed by atoms with Crippen molar-refractivity contribution in [3.63, 3.8) is 0 Å². The van der Waals surface area contributed by atoms with Gasteiger partial charge in [0, 0.05) is 29.1 Å². The maximum absolute atomic E-state index is 11.2. The Morgan fingerprint density at radius 1 is 0.793 bits per heavy atom. The number of aldehydes is 1. The Morgan fingerprint density at radius 2 is 1.34 bits per heavy atom. The fraction of sp³-hybridized carbons (Fsp3) is 0.750. The lowest BCUT2D eigenvalue weighted by Crippen LogP contribution is -2.33. The van der Waals surface area contributed by atoms with Crippen molar-refractivity contribution in [2.24, 2.45) is 0 Å². The van der Waals surface area contributed by atoms with Crippen LogP contribution in [0.5, 0.6) is 0 Å². The average molecular weight is 414 g/mol. The summed E-state index contributed by atoms with van der Waals surface area (Å²) in [5.41, 5.74) is 0. The number of nitrogens with zero attached hydrogens (tertiary/aromatic N) is 2. The predicted octanol–water partition coefficient (Wildman–Crippen LogP) is 3.23. The van der Waals surface area contributed by atoms with Gasteiger partial charge in [-0.1, -0.05) is 44.1 Å². The summed E-state index contributed by atoms with van der Waals surface area (Å²) in [4.78, 5) is 31.5. The van der Waals surface area contributed by atoms with E-state index in [1.807, 2.05) is 6.08 Å². The molecule has 0 aliphatic rings. The lowest BCUT2D eigenvalue weighted by Gasteiger charge is -2.15. The fourth-order valence-corrected chi connectivity index (χ4v) is 2.88. The van der Waals surface area contributed by atoms with Crippen LogP contribution < -0.4 is 0 Å².